The molecule has 1 rings (SSSR count). The number of ether oxygens (including phenoxy) is 1. The van der Waals surface area contributed by atoms with Crippen LogP contribution in [0.3, 0.4) is 0 Å². The third-order valence-electron chi connectivity index (χ3n) is 1.82. The van der Waals surface area contributed by atoms with Crippen molar-refractivity contribution in [2.24, 2.45) is 10.1 Å². The lowest BCUT2D eigenvalue weighted by Gasteiger charge is -2.02. The summed E-state index contributed by atoms with van der Waals surface area (Å²) in [7, 11) is -3.76. The molecule has 5 nitrogen and oxygen atoms in total. The molecule has 0 atom stereocenters. The molecule has 0 fully saturated rings. The van der Waals surface area contributed by atoms with Crippen molar-refractivity contribution in [1.29, 1.82) is 0 Å². The van der Waals surface area contributed by atoms with Crippen LogP contribution in [0, 0.1) is 6.92 Å². The zero-order valence-electron chi connectivity index (χ0n) is 9.17. The van der Waals surface area contributed by atoms with Crippen molar-refractivity contribution < 1.29 is 13.2 Å². The highest BCUT2D eigenvalue weighted by Crippen LogP contribution is 2.12. The van der Waals surface area contributed by atoms with Crippen molar-refractivity contribution >= 4 is 16.0 Å². The molecule has 0 heterocycles. The van der Waals surface area contributed by atoms with Crippen LogP contribution in [-0.4, -0.2) is 21.0 Å². The summed E-state index contributed by atoms with van der Waals surface area (Å²) in [4.78, 5) is 0.0979. The van der Waals surface area contributed by atoms with Gasteiger partial charge in [-0.05, 0) is 26.0 Å². The van der Waals surface area contributed by atoms with Gasteiger partial charge in [-0.1, -0.05) is 17.7 Å². The molecular weight excluding hydrogens is 228 g/mol. The first-order valence-electron chi connectivity index (χ1n) is 4.75. The van der Waals surface area contributed by atoms with Gasteiger partial charge in [0, 0.05) is 0 Å². The minimum absolute atomic E-state index is 0.0979. The lowest BCUT2D eigenvalue weighted by molar-refractivity contribution is 0.323. The maximum Gasteiger partial charge on any atom is 0.298 e. The normalized spacial score (nSPS) is 12.5. The van der Waals surface area contributed by atoms with Crippen LogP contribution < -0.4 is 5.73 Å². The minimum Gasteiger partial charge on any atom is -0.465 e. The van der Waals surface area contributed by atoms with Crippen LogP contribution in [0.4, 0.5) is 0 Å². The van der Waals surface area contributed by atoms with Crippen molar-refractivity contribution in [1.82, 2.24) is 0 Å². The van der Waals surface area contributed by atoms with Crippen molar-refractivity contribution in [2.75, 3.05) is 6.61 Å². The largest absolute Gasteiger partial charge is 0.465 e. The van der Waals surface area contributed by atoms with Crippen LogP contribution in [0.1, 0.15) is 12.5 Å². The van der Waals surface area contributed by atoms with Gasteiger partial charge in [-0.3, -0.25) is 0 Å². The van der Waals surface area contributed by atoms with E-state index in [-0.39, 0.29) is 17.5 Å². The highest BCUT2D eigenvalue weighted by molar-refractivity contribution is 7.90. The maximum absolute atomic E-state index is 11.7. The fourth-order valence-electron chi connectivity index (χ4n) is 1.06. The van der Waals surface area contributed by atoms with Gasteiger partial charge in [0.25, 0.3) is 16.0 Å². The average molecular weight is 242 g/mol. The fraction of sp³-hybridized carbons (Fsp3) is 0.300. The number of benzene rings is 1. The van der Waals surface area contributed by atoms with E-state index in [1.165, 1.54) is 12.1 Å². The summed E-state index contributed by atoms with van der Waals surface area (Å²) < 4.78 is 31.5. The van der Waals surface area contributed by atoms with E-state index in [9.17, 15) is 8.42 Å². The van der Waals surface area contributed by atoms with Crippen LogP contribution in [0.15, 0.2) is 33.6 Å². The second kappa shape index (κ2) is 4.98. The molecular formula is C10H14N2O3S. The van der Waals surface area contributed by atoms with Crippen LogP contribution in [0.25, 0.3) is 0 Å². The van der Waals surface area contributed by atoms with Gasteiger partial charge in [0.05, 0.1) is 11.5 Å². The lowest BCUT2D eigenvalue weighted by Crippen LogP contribution is -2.18. The van der Waals surface area contributed by atoms with Gasteiger partial charge in [-0.15, -0.1) is 4.40 Å². The second-order valence-electron chi connectivity index (χ2n) is 3.15. The fourth-order valence-corrected chi connectivity index (χ4v) is 1.93. The number of nitrogens with two attached hydrogens (primary N) is 1. The monoisotopic (exact) mass is 242 g/mol. The van der Waals surface area contributed by atoms with Gasteiger partial charge in [-0.2, -0.15) is 8.42 Å². The molecule has 0 saturated carbocycles. The molecule has 1 aromatic carbocycles. The van der Waals surface area contributed by atoms with E-state index in [0.29, 0.717) is 0 Å². The molecule has 0 radical (unpaired) electrons. The SMILES string of the molecule is CCO/C(N)=N/S(=O)(=O)c1ccc(C)cc1. The van der Waals surface area contributed by atoms with E-state index < -0.39 is 10.0 Å². The Bertz CT molecular complexity index is 477. The first-order chi connectivity index (χ1) is 7.45. The summed E-state index contributed by atoms with van der Waals surface area (Å²) in [6.45, 7) is 3.84. The van der Waals surface area contributed by atoms with Crippen LogP contribution in [0.5, 0.6) is 0 Å². The molecule has 0 aliphatic rings. The highest BCUT2D eigenvalue weighted by Gasteiger charge is 2.13. The molecule has 2 N–H and O–H groups in total. The van der Waals surface area contributed by atoms with E-state index in [1.807, 2.05) is 6.92 Å². The molecule has 16 heavy (non-hydrogen) atoms. The summed E-state index contributed by atoms with van der Waals surface area (Å²) in [5.74, 6) is 0. The number of sulfonamides is 1. The van der Waals surface area contributed by atoms with Crippen LogP contribution in [-0.2, 0) is 14.8 Å². The summed E-state index contributed by atoms with van der Waals surface area (Å²) in [6.07, 6.45) is 0. The van der Waals surface area contributed by atoms with E-state index in [0.717, 1.165) is 5.56 Å². The number of rotatable bonds is 3. The Kier molecular flexibility index (Phi) is 3.89. The molecule has 0 aliphatic carbocycles. The number of hydrogen-bond acceptors (Lipinski definition) is 3. The van der Waals surface area contributed by atoms with Crippen molar-refractivity contribution in [2.45, 2.75) is 18.7 Å². The van der Waals surface area contributed by atoms with Gasteiger partial charge in [-0.25, -0.2) is 0 Å². The third kappa shape index (κ3) is 3.23. The first kappa shape index (κ1) is 12.5. The highest BCUT2D eigenvalue weighted by atomic mass is 32.2. The lowest BCUT2D eigenvalue weighted by atomic mass is 10.2. The Morgan fingerprint density at radius 2 is 1.94 bits per heavy atom. The maximum atomic E-state index is 11.7. The number of aryl methyl sites for hydroxylation is 1. The van der Waals surface area contributed by atoms with E-state index in [1.54, 1.807) is 19.1 Å². The molecule has 0 unspecified atom stereocenters. The Morgan fingerprint density at radius 1 is 1.38 bits per heavy atom. The van der Waals surface area contributed by atoms with Gasteiger partial charge in [0.2, 0.25) is 0 Å². The van der Waals surface area contributed by atoms with E-state index >= 15 is 0 Å². The Morgan fingerprint density at radius 3 is 2.44 bits per heavy atom. The Labute approximate surface area is 95.0 Å². The van der Waals surface area contributed by atoms with Gasteiger partial charge in [0.15, 0.2) is 0 Å². The van der Waals surface area contributed by atoms with Crippen molar-refractivity contribution in [3.05, 3.63) is 29.8 Å². The molecule has 0 aromatic heterocycles. The molecule has 6 heteroatoms. The minimum atomic E-state index is -3.76. The predicted octanol–water partition coefficient (Wildman–Crippen LogP) is 1.03. The summed E-state index contributed by atoms with van der Waals surface area (Å²) in [5.41, 5.74) is 6.26. The topological polar surface area (TPSA) is 81.8 Å². The number of amidine groups is 1. The van der Waals surface area contributed by atoms with E-state index in [2.05, 4.69) is 4.40 Å². The standard InChI is InChI=1S/C10H14N2O3S/c1-3-15-10(11)12-16(13,14)9-6-4-8(2)5-7-9/h4-7H,3H2,1-2H3,(H2,11,12). The molecule has 0 amide bonds. The van der Waals surface area contributed by atoms with Crippen LogP contribution >= 0.6 is 0 Å². The van der Waals surface area contributed by atoms with Crippen molar-refractivity contribution in [3.8, 4) is 0 Å². The summed E-state index contributed by atoms with van der Waals surface area (Å²) >= 11 is 0. The van der Waals surface area contributed by atoms with Gasteiger partial charge >= 0.3 is 0 Å². The number of hydrogen-bond donors (Lipinski definition) is 1. The molecule has 0 saturated heterocycles. The summed E-state index contributed by atoms with van der Waals surface area (Å²) in [5, 5.41) is 0. The Hall–Kier alpha value is -1.56. The van der Waals surface area contributed by atoms with E-state index in [4.69, 9.17) is 10.5 Å². The van der Waals surface area contributed by atoms with Gasteiger partial charge < -0.3 is 10.5 Å². The zero-order chi connectivity index (χ0) is 12.2. The average Bonchev–Trinajstić information content (AvgIpc) is 2.17. The third-order valence-corrected chi connectivity index (χ3v) is 3.11. The molecule has 88 valence electrons. The zero-order valence-corrected chi connectivity index (χ0v) is 9.99. The van der Waals surface area contributed by atoms with Crippen LogP contribution in [0.2, 0.25) is 0 Å². The second-order valence-corrected chi connectivity index (χ2v) is 4.75. The van der Waals surface area contributed by atoms with Crippen molar-refractivity contribution in [3.63, 3.8) is 0 Å². The smallest absolute Gasteiger partial charge is 0.298 e. The predicted molar refractivity (Wildman–Crippen MR) is 61.6 cm³/mol. The molecule has 0 spiro atoms. The molecule has 0 bridgehead atoms. The van der Waals surface area contributed by atoms with Gasteiger partial charge in [0.1, 0.15) is 0 Å². The molecule has 0 aliphatic heterocycles. The molecule has 1 aromatic rings. The Balaban J connectivity index is 3.03. The number of nitrogens with zero attached hydrogens (tertiary/aromatic N) is 1. The quantitative estimate of drug-likeness (QED) is 0.634. The summed E-state index contributed by atoms with van der Waals surface area (Å²) in [6, 6.07) is 6.00. The first-order valence-corrected chi connectivity index (χ1v) is 6.19.